The second-order valence-electron chi connectivity index (χ2n) is 4.73. The van der Waals surface area contributed by atoms with E-state index in [1.807, 2.05) is 13.8 Å². The molecule has 0 radical (unpaired) electrons. The lowest BCUT2D eigenvalue weighted by Gasteiger charge is -2.12. The zero-order chi connectivity index (χ0) is 18.8. The molecule has 0 aromatic heterocycles. The molecule has 0 bridgehead atoms. The lowest BCUT2D eigenvalue weighted by Crippen LogP contribution is -2.28. The first-order valence-corrected chi connectivity index (χ1v) is 8.83. The molecule has 1 N–H and O–H groups in total. The lowest BCUT2D eigenvalue weighted by molar-refractivity contribution is -0.154. The number of carbonyl (C=O) groups is 1. The second-order valence-corrected chi connectivity index (χ2v) is 5.18. The highest BCUT2D eigenvalue weighted by atomic mass is 32.1. The van der Waals surface area contributed by atoms with E-state index in [1.165, 1.54) is 0 Å². The van der Waals surface area contributed by atoms with Crippen molar-refractivity contribution in [3.63, 3.8) is 0 Å². The highest BCUT2D eigenvalue weighted by Gasteiger charge is 2.19. The van der Waals surface area contributed by atoms with E-state index in [9.17, 15) is 9.90 Å². The smallest absolute Gasteiger partial charge is 0.335 e. The molecule has 0 spiro atoms. The zero-order valence-corrected chi connectivity index (χ0v) is 15.9. The van der Waals surface area contributed by atoms with E-state index in [0.717, 1.165) is 0 Å². The Hall–Kier alpha value is -0.840. The van der Waals surface area contributed by atoms with Crippen LogP contribution in [0.3, 0.4) is 0 Å². The van der Waals surface area contributed by atoms with Gasteiger partial charge in [0, 0.05) is 13.2 Å². The molecule has 0 heterocycles. The number of aliphatic hydroxyl groups excluding tert-OH is 1. The molecule has 0 aliphatic carbocycles. The largest absolute Gasteiger partial charge is 0.485 e. The van der Waals surface area contributed by atoms with Crippen LogP contribution in [0.5, 0.6) is 0 Å². The molecule has 9 heteroatoms. The number of hydrogen-bond acceptors (Lipinski definition) is 9. The summed E-state index contributed by atoms with van der Waals surface area (Å²) in [5.74, 6) is -0.757. The SMILES string of the molecule is CCOCCOCCOC(=O)C(O)CC(=S)OCCOCCOCC. The van der Waals surface area contributed by atoms with Crippen LogP contribution < -0.4 is 0 Å². The van der Waals surface area contributed by atoms with Crippen molar-refractivity contribution < 1.29 is 38.3 Å². The Labute approximate surface area is 154 Å². The number of ether oxygens (including phenoxy) is 6. The lowest BCUT2D eigenvalue weighted by atomic mass is 10.3. The quantitative estimate of drug-likeness (QED) is 0.222. The Morgan fingerprint density at radius 3 is 1.76 bits per heavy atom. The van der Waals surface area contributed by atoms with Crippen molar-refractivity contribution in [1.29, 1.82) is 0 Å². The normalized spacial score (nSPS) is 12.0. The molecular weight excluding hydrogens is 352 g/mol. The number of aliphatic hydroxyl groups is 1. The van der Waals surface area contributed by atoms with Crippen molar-refractivity contribution >= 4 is 23.2 Å². The summed E-state index contributed by atoms with van der Waals surface area (Å²) < 4.78 is 30.7. The number of rotatable bonds is 17. The molecule has 0 rings (SSSR count). The summed E-state index contributed by atoms with van der Waals surface area (Å²) in [6.07, 6.45) is -1.45. The minimum atomic E-state index is -1.35. The maximum Gasteiger partial charge on any atom is 0.335 e. The molecule has 148 valence electrons. The first-order valence-electron chi connectivity index (χ1n) is 8.43. The minimum absolute atomic E-state index is 0.0588. The van der Waals surface area contributed by atoms with Crippen LogP contribution in [0.4, 0.5) is 0 Å². The molecule has 0 fully saturated rings. The van der Waals surface area contributed by atoms with Crippen molar-refractivity contribution in [2.45, 2.75) is 26.4 Å². The van der Waals surface area contributed by atoms with Crippen molar-refractivity contribution in [3.05, 3.63) is 0 Å². The second kappa shape index (κ2) is 18.0. The van der Waals surface area contributed by atoms with Gasteiger partial charge in [-0.25, -0.2) is 4.79 Å². The van der Waals surface area contributed by atoms with Crippen molar-refractivity contribution in [1.82, 2.24) is 0 Å². The third kappa shape index (κ3) is 16.4. The van der Waals surface area contributed by atoms with Gasteiger partial charge in [-0.05, 0) is 26.1 Å². The monoisotopic (exact) mass is 382 g/mol. The number of esters is 1. The van der Waals surface area contributed by atoms with E-state index in [4.69, 9.17) is 40.6 Å². The molecule has 8 nitrogen and oxygen atoms in total. The maximum atomic E-state index is 11.6. The number of carbonyl (C=O) groups excluding carboxylic acids is 1. The van der Waals surface area contributed by atoms with E-state index in [0.29, 0.717) is 46.2 Å². The molecule has 0 aliphatic rings. The summed E-state index contributed by atoms with van der Waals surface area (Å²) in [5, 5.41) is 9.84. The fourth-order valence-corrected chi connectivity index (χ4v) is 1.78. The fourth-order valence-electron chi connectivity index (χ4n) is 1.54. The van der Waals surface area contributed by atoms with Crippen LogP contribution in [-0.4, -0.2) is 88.3 Å². The summed E-state index contributed by atoms with van der Waals surface area (Å²) in [7, 11) is 0. The van der Waals surface area contributed by atoms with Gasteiger partial charge in [0.2, 0.25) is 0 Å². The maximum absolute atomic E-state index is 11.6. The average Bonchev–Trinajstić information content (AvgIpc) is 2.59. The predicted molar refractivity (Wildman–Crippen MR) is 94.8 cm³/mol. The molecule has 0 saturated carbocycles. The first-order chi connectivity index (χ1) is 12.1. The van der Waals surface area contributed by atoms with Gasteiger partial charge in [-0.2, -0.15) is 0 Å². The van der Waals surface area contributed by atoms with Crippen LogP contribution in [0, 0.1) is 0 Å². The van der Waals surface area contributed by atoms with E-state index < -0.39 is 12.1 Å². The Morgan fingerprint density at radius 2 is 1.24 bits per heavy atom. The van der Waals surface area contributed by atoms with Gasteiger partial charge in [-0.15, -0.1) is 0 Å². The number of thiocarbonyl (C=S) groups is 1. The zero-order valence-electron chi connectivity index (χ0n) is 15.1. The molecule has 0 aliphatic heterocycles. The number of hydrogen-bond donors (Lipinski definition) is 1. The van der Waals surface area contributed by atoms with Gasteiger partial charge in [-0.1, -0.05) is 0 Å². The van der Waals surface area contributed by atoms with Gasteiger partial charge in [-0.3, -0.25) is 0 Å². The summed E-state index contributed by atoms with van der Waals surface area (Å²) >= 11 is 4.95. The molecule has 1 unspecified atom stereocenters. The molecule has 25 heavy (non-hydrogen) atoms. The molecule has 0 aromatic carbocycles. The topological polar surface area (TPSA) is 92.7 Å². The Kier molecular flexibility index (Phi) is 17.4. The molecule has 0 saturated heterocycles. The Balaban J connectivity index is 3.56. The molecule has 0 amide bonds. The van der Waals surface area contributed by atoms with Crippen LogP contribution in [0.25, 0.3) is 0 Å². The van der Waals surface area contributed by atoms with E-state index in [1.54, 1.807) is 0 Å². The van der Waals surface area contributed by atoms with Crippen molar-refractivity contribution in [3.8, 4) is 0 Å². The summed E-state index contributed by atoms with van der Waals surface area (Å²) in [6.45, 7) is 7.92. The molecular formula is C16H30O8S. The van der Waals surface area contributed by atoms with Gasteiger partial charge in [0.25, 0.3) is 0 Å². The summed E-state index contributed by atoms with van der Waals surface area (Å²) in [4.78, 5) is 11.6. The van der Waals surface area contributed by atoms with Gasteiger partial charge in [0.15, 0.2) is 11.2 Å². The van der Waals surface area contributed by atoms with Crippen LogP contribution in [0.15, 0.2) is 0 Å². The van der Waals surface area contributed by atoms with E-state index >= 15 is 0 Å². The summed E-state index contributed by atoms with van der Waals surface area (Å²) in [6, 6.07) is 0. The third-order valence-electron chi connectivity index (χ3n) is 2.75. The standard InChI is InChI=1S/C16H30O8S/c1-3-19-5-7-21-9-11-23-15(25)13-14(17)16(18)24-12-10-22-8-6-20-4-2/h14,17H,3-13H2,1-2H3. The van der Waals surface area contributed by atoms with Crippen molar-refractivity contribution in [2.24, 2.45) is 0 Å². The summed E-state index contributed by atoms with van der Waals surface area (Å²) in [5.41, 5.74) is 0. The van der Waals surface area contributed by atoms with Gasteiger partial charge >= 0.3 is 5.97 Å². The highest BCUT2D eigenvalue weighted by Crippen LogP contribution is 2.00. The minimum Gasteiger partial charge on any atom is -0.485 e. The molecule has 0 aromatic rings. The first kappa shape index (κ1) is 24.2. The van der Waals surface area contributed by atoms with E-state index in [-0.39, 0.29) is 31.3 Å². The fraction of sp³-hybridized carbons (Fsp3) is 0.875. The highest BCUT2D eigenvalue weighted by molar-refractivity contribution is 7.80. The Bertz CT molecular complexity index is 340. The van der Waals surface area contributed by atoms with E-state index in [2.05, 4.69) is 0 Å². The van der Waals surface area contributed by atoms with Crippen LogP contribution in [-0.2, 0) is 33.2 Å². The third-order valence-corrected chi connectivity index (χ3v) is 3.03. The van der Waals surface area contributed by atoms with Crippen molar-refractivity contribution in [2.75, 3.05) is 66.1 Å². The Morgan fingerprint density at radius 1 is 0.800 bits per heavy atom. The molecule has 1 atom stereocenters. The predicted octanol–water partition coefficient (Wildman–Crippen LogP) is 0.731. The average molecular weight is 382 g/mol. The van der Waals surface area contributed by atoms with Gasteiger partial charge in [0.1, 0.15) is 13.2 Å². The van der Waals surface area contributed by atoms with Crippen LogP contribution >= 0.6 is 12.2 Å². The van der Waals surface area contributed by atoms with Gasteiger partial charge < -0.3 is 33.5 Å². The van der Waals surface area contributed by atoms with Crippen LogP contribution in [0.1, 0.15) is 20.3 Å². The van der Waals surface area contributed by atoms with Gasteiger partial charge in [0.05, 0.1) is 46.1 Å². The van der Waals surface area contributed by atoms with Crippen LogP contribution in [0.2, 0.25) is 0 Å².